The highest BCUT2D eigenvalue weighted by Crippen LogP contribution is 2.08. The average molecular weight is 262 g/mol. The van der Waals surface area contributed by atoms with Gasteiger partial charge < -0.3 is 0 Å². The molecule has 0 aliphatic heterocycles. The van der Waals surface area contributed by atoms with Crippen molar-refractivity contribution in [1.82, 2.24) is 4.42 Å². The first-order valence-corrected chi connectivity index (χ1v) is 5.93. The van der Waals surface area contributed by atoms with Crippen LogP contribution in [0.25, 0.3) is 0 Å². The largest absolute Gasteiger partial charge is 0.289 e. The molecule has 0 bridgehead atoms. The lowest BCUT2D eigenvalue weighted by Gasteiger charge is -1.99. The van der Waals surface area contributed by atoms with Crippen LogP contribution in [0.2, 0.25) is 0 Å². The second-order valence-corrected chi connectivity index (χ2v) is 4.52. The first-order chi connectivity index (χ1) is 8.61. The van der Waals surface area contributed by atoms with Gasteiger partial charge in [-0.25, -0.2) is 4.42 Å². The van der Waals surface area contributed by atoms with E-state index in [0.717, 1.165) is 11.1 Å². The maximum atomic E-state index is 11.8. The second-order valence-electron chi connectivity index (χ2n) is 3.85. The highest BCUT2D eigenvalue weighted by Gasteiger charge is 2.06. The molecule has 0 unspecified atom stereocenters. The first-order valence-electron chi connectivity index (χ1n) is 5.59. The molecule has 3 heteroatoms. The second kappa shape index (κ2) is 7.64. The molecule has 2 aromatic carbocycles. The molecule has 0 atom stereocenters. The fourth-order valence-electron chi connectivity index (χ4n) is 1.35. The molecular formula is C15H16ClNO. The number of carbonyl (C=O) groups excluding carboxylic acids is 1. The van der Waals surface area contributed by atoms with Crippen LogP contribution in [0, 0.1) is 0 Å². The van der Waals surface area contributed by atoms with Gasteiger partial charge in [-0.3, -0.25) is 4.79 Å². The molecule has 2 aromatic rings. The summed E-state index contributed by atoms with van der Waals surface area (Å²) >= 11 is 5.11. The number of rotatable bonds is 2. The van der Waals surface area contributed by atoms with E-state index in [2.05, 4.69) is 0 Å². The van der Waals surface area contributed by atoms with Gasteiger partial charge in [0.1, 0.15) is 0 Å². The maximum absolute atomic E-state index is 11.8. The van der Waals surface area contributed by atoms with E-state index < -0.39 is 0 Å². The van der Waals surface area contributed by atoms with E-state index in [1.165, 1.54) is 4.42 Å². The minimum Gasteiger partial charge on any atom is -0.289 e. The molecule has 0 aromatic heterocycles. The molecule has 0 amide bonds. The molecule has 0 saturated heterocycles. The molecule has 0 aliphatic rings. The zero-order valence-electron chi connectivity index (χ0n) is 10.5. The highest BCUT2D eigenvalue weighted by atomic mass is 35.5. The number of benzene rings is 2. The molecule has 0 fully saturated rings. The zero-order chi connectivity index (χ0) is 13.4. The number of carbonyl (C=O) groups is 1. The van der Waals surface area contributed by atoms with Crippen molar-refractivity contribution >= 4 is 17.6 Å². The summed E-state index contributed by atoms with van der Waals surface area (Å²) in [5.41, 5.74) is 1.47. The van der Waals surface area contributed by atoms with E-state index in [4.69, 9.17) is 11.8 Å². The number of hydrogen-bond acceptors (Lipinski definition) is 2. The van der Waals surface area contributed by atoms with Crippen LogP contribution in [0.4, 0.5) is 0 Å². The fourth-order valence-corrected chi connectivity index (χ4v) is 1.35. The van der Waals surface area contributed by atoms with Gasteiger partial charge in [0.25, 0.3) is 0 Å². The Morgan fingerprint density at radius 2 is 1.11 bits per heavy atom. The van der Waals surface area contributed by atoms with Gasteiger partial charge in [0.15, 0.2) is 5.78 Å². The molecule has 0 saturated carbocycles. The lowest BCUT2D eigenvalue weighted by atomic mass is 10.0. The Labute approximate surface area is 113 Å². The monoisotopic (exact) mass is 261 g/mol. The van der Waals surface area contributed by atoms with Gasteiger partial charge in [0.05, 0.1) is 0 Å². The lowest BCUT2D eigenvalue weighted by Crippen LogP contribution is -1.99. The summed E-state index contributed by atoms with van der Waals surface area (Å²) in [4.78, 5) is 11.8. The van der Waals surface area contributed by atoms with Crippen LogP contribution in [0.3, 0.4) is 0 Å². The molecule has 94 valence electrons. The van der Waals surface area contributed by atoms with Crippen LogP contribution in [0.5, 0.6) is 0 Å². The predicted octanol–water partition coefficient (Wildman–Crippen LogP) is 3.62. The first kappa shape index (κ1) is 14.4. The van der Waals surface area contributed by atoms with Crippen molar-refractivity contribution in [2.24, 2.45) is 0 Å². The van der Waals surface area contributed by atoms with E-state index in [1.807, 2.05) is 60.7 Å². The Morgan fingerprint density at radius 1 is 0.833 bits per heavy atom. The molecule has 0 radical (unpaired) electrons. The maximum Gasteiger partial charge on any atom is 0.193 e. The van der Waals surface area contributed by atoms with Gasteiger partial charge in [0.2, 0.25) is 0 Å². The van der Waals surface area contributed by atoms with E-state index in [1.54, 1.807) is 14.1 Å². The van der Waals surface area contributed by atoms with E-state index in [0.29, 0.717) is 0 Å². The van der Waals surface area contributed by atoms with Crippen LogP contribution in [0.15, 0.2) is 60.7 Å². The standard InChI is InChI=1S/C13H10O.C2H6ClN/c14-13(11-7-3-1-4-8-11)12-9-5-2-6-10-12;1-4(2)3/h1-10H;1-2H3. The third kappa shape index (κ3) is 5.13. The van der Waals surface area contributed by atoms with Crippen molar-refractivity contribution in [2.45, 2.75) is 0 Å². The van der Waals surface area contributed by atoms with Crippen molar-refractivity contribution in [1.29, 1.82) is 0 Å². The Hall–Kier alpha value is -1.64. The Kier molecular flexibility index (Phi) is 6.12. The smallest absolute Gasteiger partial charge is 0.193 e. The number of nitrogens with zero attached hydrogens (tertiary/aromatic N) is 1. The quantitative estimate of drug-likeness (QED) is 0.608. The third-order valence-corrected chi connectivity index (χ3v) is 2.07. The minimum atomic E-state index is 0.0752. The van der Waals surface area contributed by atoms with Crippen molar-refractivity contribution in [3.63, 3.8) is 0 Å². The summed E-state index contributed by atoms with van der Waals surface area (Å²) in [6.45, 7) is 0. The van der Waals surface area contributed by atoms with Gasteiger partial charge in [0, 0.05) is 25.2 Å². The zero-order valence-corrected chi connectivity index (χ0v) is 11.3. The Balaban J connectivity index is 0.000000357. The van der Waals surface area contributed by atoms with Crippen molar-refractivity contribution < 1.29 is 4.79 Å². The molecule has 18 heavy (non-hydrogen) atoms. The third-order valence-electron chi connectivity index (χ3n) is 2.07. The topological polar surface area (TPSA) is 20.3 Å². The molecule has 2 rings (SSSR count). The van der Waals surface area contributed by atoms with Gasteiger partial charge >= 0.3 is 0 Å². The van der Waals surface area contributed by atoms with Crippen LogP contribution in [-0.2, 0) is 0 Å². The molecular weight excluding hydrogens is 246 g/mol. The molecule has 0 spiro atoms. The van der Waals surface area contributed by atoms with E-state index in [-0.39, 0.29) is 5.78 Å². The highest BCUT2D eigenvalue weighted by molar-refractivity contribution is 6.12. The number of halogens is 1. The Morgan fingerprint density at radius 3 is 1.39 bits per heavy atom. The summed E-state index contributed by atoms with van der Waals surface area (Å²) in [5, 5.41) is 0. The van der Waals surface area contributed by atoms with Crippen LogP contribution >= 0.6 is 11.8 Å². The minimum absolute atomic E-state index is 0.0752. The predicted molar refractivity (Wildman–Crippen MR) is 75.9 cm³/mol. The normalized spacial score (nSPS) is 9.56. The van der Waals surface area contributed by atoms with Gasteiger partial charge in [-0.1, -0.05) is 60.7 Å². The summed E-state index contributed by atoms with van der Waals surface area (Å²) in [7, 11) is 3.53. The number of hydrogen-bond donors (Lipinski definition) is 0. The Bertz CT molecular complexity index is 424. The van der Waals surface area contributed by atoms with Gasteiger partial charge in [-0.15, -0.1) is 0 Å². The lowest BCUT2D eigenvalue weighted by molar-refractivity contribution is 0.103. The summed E-state index contributed by atoms with van der Waals surface area (Å²) < 4.78 is 1.47. The molecule has 2 nitrogen and oxygen atoms in total. The van der Waals surface area contributed by atoms with Crippen molar-refractivity contribution in [3.05, 3.63) is 71.8 Å². The van der Waals surface area contributed by atoms with E-state index >= 15 is 0 Å². The van der Waals surface area contributed by atoms with Crippen LogP contribution in [-0.4, -0.2) is 24.3 Å². The van der Waals surface area contributed by atoms with Crippen molar-refractivity contribution in [2.75, 3.05) is 14.1 Å². The summed E-state index contributed by atoms with van der Waals surface area (Å²) in [5.74, 6) is 0.0752. The molecule has 0 aliphatic carbocycles. The average Bonchev–Trinajstić information content (AvgIpc) is 2.39. The SMILES string of the molecule is CN(C)Cl.O=C(c1ccccc1)c1ccccc1. The van der Waals surface area contributed by atoms with Crippen LogP contribution < -0.4 is 0 Å². The fraction of sp³-hybridized carbons (Fsp3) is 0.133. The van der Waals surface area contributed by atoms with Gasteiger partial charge in [-0.05, 0) is 11.8 Å². The molecule has 0 heterocycles. The summed E-state index contributed by atoms with van der Waals surface area (Å²) in [6, 6.07) is 18.6. The van der Waals surface area contributed by atoms with Crippen LogP contribution in [0.1, 0.15) is 15.9 Å². The summed E-state index contributed by atoms with van der Waals surface area (Å²) in [6.07, 6.45) is 0. The number of ketones is 1. The van der Waals surface area contributed by atoms with E-state index in [9.17, 15) is 4.79 Å². The van der Waals surface area contributed by atoms with Gasteiger partial charge in [-0.2, -0.15) is 0 Å². The molecule has 0 N–H and O–H groups in total. The van der Waals surface area contributed by atoms with Crippen molar-refractivity contribution in [3.8, 4) is 0 Å².